The number of hydrogen-bond donors (Lipinski definition) is 1. The van der Waals surface area contributed by atoms with Gasteiger partial charge in [-0.2, -0.15) is 4.98 Å². The Kier molecular flexibility index (Phi) is 7.25. The fraction of sp³-hybridized carbons (Fsp3) is 0.714. The van der Waals surface area contributed by atoms with E-state index >= 15 is 0 Å². The molecule has 0 aromatic carbocycles. The van der Waals surface area contributed by atoms with Crippen LogP contribution in [-0.4, -0.2) is 43.5 Å². The molecule has 20 heavy (non-hydrogen) atoms. The fourth-order valence-corrected chi connectivity index (χ4v) is 1.53. The maximum Gasteiger partial charge on any atom is 0.221 e. The highest BCUT2D eigenvalue weighted by molar-refractivity contribution is 5.44. The summed E-state index contributed by atoms with van der Waals surface area (Å²) in [7, 11) is 1.68. The molecule has 6 nitrogen and oxygen atoms in total. The van der Waals surface area contributed by atoms with Crippen molar-refractivity contribution in [2.75, 3.05) is 39.3 Å². The van der Waals surface area contributed by atoms with Gasteiger partial charge in [-0.3, -0.25) is 0 Å². The van der Waals surface area contributed by atoms with E-state index in [1.807, 2.05) is 20.8 Å². The lowest BCUT2D eigenvalue weighted by Gasteiger charge is -2.12. The summed E-state index contributed by atoms with van der Waals surface area (Å²) in [5.74, 6) is 1.93. The Bertz CT molecular complexity index is 411. The van der Waals surface area contributed by atoms with Crippen LogP contribution < -0.4 is 10.5 Å². The van der Waals surface area contributed by atoms with Crippen LogP contribution in [-0.2, 0) is 9.47 Å². The van der Waals surface area contributed by atoms with Gasteiger partial charge in [-0.25, -0.2) is 4.98 Å². The number of hydrogen-bond acceptors (Lipinski definition) is 6. The summed E-state index contributed by atoms with van der Waals surface area (Å²) in [5, 5.41) is 0. The zero-order chi connectivity index (χ0) is 15.0. The minimum absolute atomic E-state index is 0.213. The molecule has 0 saturated carbocycles. The molecule has 0 spiro atoms. The van der Waals surface area contributed by atoms with Crippen molar-refractivity contribution < 1.29 is 14.2 Å². The molecule has 1 aromatic heterocycles. The molecule has 1 aromatic rings. The molecular weight excluding hydrogens is 258 g/mol. The Labute approximate surface area is 120 Å². The average Bonchev–Trinajstić information content (AvgIpc) is 2.41. The third-order valence-electron chi connectivity index (χ3n) is 2.78. The molecule has 0 radical (unpaired) electrons. The first kappa shape index (κ1) is 16.7. The molecule has 114 valence electrons. The van der Waals surface area contributed by atoms with Gasteiger partial charge in [0.05, 0.1) is 12.2 Å². The predicted molar refractivity (Wildman–Crippen MR) is 78.1 cm³/mol. The van der Waals surface area contributed by atoms with Gasteiger partial charge in [-0.1, -0.05) is 13.8 Å². The number of methoxy groups -OCH3 is 1. The Morgan fingerprint density at radius 3 is 2.50 bits per heavy atom. The van der Waals surface area contributed by atoms with Crippen LogP contribution in [0.3, 0.4) is 0 Å². The standard InChI is InChI=1S/C14H25N3O3/c1-10(2)13-16-12(15)11(3)14(17-13)20-9-8-19-7-5-6-18-4/h10H,5-9H2,1-4H3,(H2,15,16,17). The molecule has 6 heteroatoms. The van der Waals surface area contributed by atoms with E-state index in [-0.39, 0.29) is 5.92 Å². The highest BCUT2D eigenvalue weighted by Crippen LogP contribution is 2.22. The summed E-state index contributed by atoms with van der Waals surface area (Å²) in [5.41, 5.74) is 6.64. The highest BCUT2D eigenvalue weighted by Gasteiger charge is 2.12. The number of aromatic nitrogens is 2. The van der Waals surface area contributed by atoms with Gasteiger partial charge in [0, 0.05) is 26.2 Å². The second kappa shape index (κ2) is 8.71. The largest absolute Gasteiger partial charge is 0.475 e. The minimum Gasteiger partial charge on any atom is -0.475 e. The van der Waals surface area contributed by atoms with Crippen LogP contribution in [0.4, 0.5) is 5.82 Å². The zero-order valence-electron chi connectivity index (χ0n) is 12.8. The molecule has 0 amide bonds. The van der Waals surface area contributed by atoms with Gasteiger partial charge in [-0.05, 0) is 13.3 Å². The third-order valence-corrected chi connectivity index (χ3v) is 2.78. The lowest BCUT2D eigenvalue weighted by Crippen LogP contribution is -2.12. The van der Waals surface area contributed by atoms with Crippen molar-refractivity contribution in [2.45, 2.75) is 33.1 Å². The molecule has 0 bridgehead atoms. The Morgan fingerprint density at radius 2 is 1.85 bits per heavy atom. The quantitative estimate of drug-likeness (QED) is 0.697. The van der Waals surface area contributed by atoms with E-state index in [4.69, 9.17) is 19.9 Å². The molecule has 2 N–H and O–H groups in total. The highest BCUT2D eigenvalue weighted by atomic mass is 16.5. The molecule has 1 rings (SSSR count). The van der Waals surface area contributed by atoms with E-state index in [0.29, 0.717) is 43.9 Å². The predicted octanol–water partition coefficient (Wildman–Crippen LogP) is 1.92. The number of nitrogens with zero attached hydrogens (tertiary/aromatic N) is 2. The van der Waals surface area contributed by atoms with Crippen molar-refractivity contribution in [3.05, 3.63) is 11.4 Å². The number of rotatable bonds is 9. The maximum absolute atomic E-state index is 5.87. The fourth-order valence-electron chi connectivity index (χ4n) is 1.53. The van der Waals surface area contributed by atoms with E-state index < -0.39 is 0 Å². The number of nitrogens with two attached hydrogens (primary N) is 1. The van der Waals surface area contributed by atoms with Crippen LogP contribution in [0.2, 0.25) is 0 Å². The maximum atomic E-state index is 5.87. The average molecular weight is 283 g/mol. The van der Waals surface area contributed by atoms with E-state index in [9.17, 15) is 0 Å². The van der Waals surface area contributed by atoms with Crippen LogP contribution in [0.15, 0.2) is 0 Å². The van der Waals surface area contributed by atoms with Gasteiger partial charge in [0.2, 0.25) is 5.88 Å². The minimum atomic E-state index is 0.213. The smallest absolute Gasteiger partial charge is 0.221 e. The molecule has 0 unspecified atom stereocenters. The van der Waals surface area contributed by atoms with Crippen LogP contribution >= 0.6 is 0 Å². The molecule has 1 heterocycles. The first-order valence-electron chi connectivity index (χ1n) is 6.89. The third kappa shape index (κ3) is 5.30. The number of nitrogen functional groups attached to an aromatic ring is 1. The van der Waals surface area contributed by atoms with Crippen LogP contribution in [0.1, 0.15) is 37.6 Å². The van der Waals surface area contributed by atoms with E-state index in [2.05, 4.69) is 9.97 Å². The summed E-state index contributed by atoms with van der Waals surface area (Å²) in [4.78, 5) is 8.64. The molecule has 0 aliphatic rings. The van der Waals surface area contributed by atoms with Gasteiger partial charge >= 0.3 is 0 Å². The van der Waals surface area contributed by atoms with E-state index in [1.165, 1.54) is 0 Å². The van der Waals surface area contributed by atoms with Gasteiger partial charge < -0.3 is 19.9 Å². The van der Waals surface area contributed by atoms with E-state index in [0.717, 1.165) is 12.0 Å². The first-order chi connectivity index (χ1) is 9.56. The lowest BCUT2D eigenvalue weighted by atomic mass is 10.2. The summed E-state index contributed by atoms with van der Waals surface area (Å²) in [6.07, 6.45) is 0.882. The van der Waals surface area contributed by atoms with Crippen molar-refractivity contribution >= 4 is 5.82 Å². The van der Waals surface area contributed by atoms with Crippen molar-refractivity contribution in [2.24, 2.45) is 0 Å². The Hall–Kier alpha value is -1.40. The summed E-state index contributed by atoms with van der Waals surface area (Å²) in [6, 6.07) is 0. The van der Waals surface area contributed by atoms with Crippen molar-refractivity contribution in [1.29, 1.82) is 0 Å². The number of ether oxygens (including phenoxy) is 3. The topological polar surface area (TPSA) is 79.5 Å². The molecular formula is C14H25N3O3. The lowest BCUT2D eigenvalue weighted by molar-refractivity contribution is 0.0793. The SMILES string of the molecule is COCCCOCCOc1nc(C(C)C)nc(N)c1C. The van der Waals surface area contributed by atoms with Crippen LogP contribution in [0, 0.1) is 6.92 Å². The second-order valence-electron chi connectivity index (χ2n) is 4.86. The first-order valence-corrected chi connectivity index (χ1v) is 6.89. The number of anilines is 1. The molecule has 0 saturated heterocycles. The van der Waals surface area contributed by atoms with Gasteiger partial charge in [0.15, 0.2) is 0 Å². The Balaban J connectivity index is 2.43. The molecule has 0 fully saturated rings. The normalized spacial score (nSPS) is 11.1. The van der Waals surface area contributed by atoms with Crippen molar-refractivity contribution in [3.63, 3.8) is 0 Å². The van der Waals surface area contributed by atoms with E-state index in [1.54, 1.807) is 7.11 Å². The zero-order valence-corrected chi connectivity index (χ0v) is 12.8. The monoisotopic (exact) mass is 283 g/mol. The Morgan fingerprint density at radius 1 is 1.10 bits per heavy atom. The molecule has 0 atom stereocenters. The molecule has 0 aliphatic heterocycles. The second-order valence-corrected chi connectivity index (χ2v) is 4.86. The van der Waals surface area contributed by atoms with Gasteiger partial charge in [0.25, 0.3) is 0 Å². The summed E-state index contributed by atoms with van der Waals surface area (Å²) < 4.78 is 16.0. The van der Waals surface area contributed by atoms with Gasteiger partial charge in [-0.15, -0.1) is 0 Å². The van der Waals surface area contributed by atoms with Crippen molar-refractivity contribution in [3.8, 4) is 5.88 Å². The summed E-state index contributed by atoms with van der Waals surface area (Å²) >= 11 is 0. The van der Waals surface area contributed by atoms with Crippen molar-refractivity contribution in [1.82, 2.24) is 9.97 Å². The van der Waals surface area contributed by atoms with Crippen LogP contribution in [0.5, 0.6) is 5.88 Å². The van der Waals surface area contributed by atoms with Gasteiger partial charge in [0.1, 0.15) is 18.2 Å². The molecule has 0 aliphatic carbocycles. The summed E-state index contributed by atoms with van der Waals surface area (Å²) in [6.45, 7) is 8.24. The van der Waals surface area contributed by atoms with Crippen LogP contribution in [0.25, 0.3) is 0 Å².